The van der Waals surface area contributed by atoms with Gasteiger partial charge in [0, 0.05) is 43.6 Å². The monoisotopic (exact) mass is 355 g/mol. The number of carbonyl (C=O) groups excluding carboxylic acids is 1. The smallest absolute Gasteiger partial charge is 0.262 e. The Morgan fingerprint density at radius 2 is 1.92 bits per heavy atom. The molecule has 24 heavy (non-hydrogen) atoms. The molecule has 0 radical (unpaired) electrons. The summed E-state index contributed by atoms with van der Waals surface area (Å²) in [5.74, 6) is -2.67. The molecule has 1 aromatic heterocycles. The molecule has 1 fully saturated rings. The Bertz CT molecular complexity index is 885. The minimum Gasteiger partial charge on any atom is -0.342 e. The first-order valence-electron chi connectivity index (χ1n) is 7.53. The maximum atomic E-state index is 13.4. The molecule has 8 heteroatoms. The summed E-state index contributed by atoms with van der Waals surface area (Å²) in [4.78, 5) is 30.6. The molecule has 0 spiro atoms. The molecule has 0 unspecified atom stereocenters. The Morgan fingerprint density at radius 3 is 2.50 bits per heavy atom. The highest BCUT2D eigenvalue weighted by Crippen LogP contribution is 2.30. The number of hydrogen-bond acceptors (Lipinski definition) is 4. The number of ketones is 1. The van der Waals surface area contributed by atoms with Crippen LogP contribution in [0.15, 0.2) is 16.9 Å². The van der Waals surface area contributed by atoms with Gasteiger partial charge in [-0.3, -0.25) is 14.2 Å². The number of rotatable bonds is 2. The van der Waals surface area contributed by atoms with E-state index in [2.05, 4.69) is 4.98 Å². The van der Waals surface area contributed by atoms with Crippen molar-refractivity contribution in [2.24, 2.45) is 7.05 Å². The van der Waals surface area contributed by atoms with Crippen LogP contribution in [0.5, 0.6) is 0 Å². The highest BCUT2D eigenvalue weighted by atomic mass is 35.5. The number of hydrogen-bond donors (Lipinski definition) is 0. The van der Waals surface area contributed by atoms with Crippen molar-refractivity contribution in [2.75, 3.05) is 18.0 Å². The Balaban J connectivity index is 2.18. The number of alkyl halides is 2. The standard InChI is InChI=1S/C16H16ClF2N3O2/c1-9(23)11-7-10(17)8-12-13(11)20-15(21(2)14(12)24)22-5-3-16(18,19)4-6-22/h7-8H,3-6H2,1-2H3. The highest BCUT2D eigenvalue weighted by molar-refractivity contribution is 6.32. The Hall–Kier alpha value is -2.02. The second-order valence-electron chi connectivity index (χ2n) is 6.02. The van der Waals surface area contributed by atoms with Gasteiger partial charge in [0.05, 0.1) is 10.9 Å². The van der Waals surface area contributed by atoms with Gasteiger partial charge in [-0.25, -0.2) is 13.8 Å². The van der Waals surface area contributed by atoms with E-state index in [1.807, 2.05) is 0 Å². The molecule has 0 bridgehead atoms. The molecule has 0 atom stereocenters. The van der Waals surface area contributed by atoms with E-state index in [9.17, 15) is 18.4 Å². The number of aromatic nitrogens is 2. The maximum absolute atomic E-state index is 13.4. The van der Waals surface area contributed by atoms with E-state index in [0.29, 0.717) is 0 Å². The molecule has 1 aliphatic rings. The number of carbonyl (C=O) groups is 1. The number of nitrogens with zero attached hydrogens (tertiary/aromatic N) is 3. The number of anilines is 1. The van der Waals surface area contributed by atoms with Crippen LogP contribution in [-0.4, -0.2) is 34.3 Å². The number of benzene rings is 1. The first kappa shape index (κ1) is 16.8. The Kier molecular flexibility index (Phi) is 4.07. The van der Waals surface area contributed by atoms with Gasteiger partial charge in [-0.1, -0.05) is 11.6 Å². The number of halogens is 3. The van der Waals surface area contributed by atoms with Crippen molar-refractivity contribution in [2.45, 2.75) is 25.7 Å². The number of piperidine rings is 1. The van der Waals surface area contributed by atoms with Crippen LogP contribution in [-0.2, 0) is 7.05 Å². The summed E-state index contributed by atoms with van der Waals surface area (Å²) in [5.41, 5.74) is 0.137. The molecule has 1 aromatic carbocycles. The van der Waals surface area contributed by atoms with Crippen LogP contribution >= 0.6 is 11.6 Å². The van der Waals surface area contributed by atoms with E-state index in [1.165, 1.54) is 30.7 Å². The molecule has 2 heterocycles. The van der Waals surface area contributed by atoms with Crippen molar-refractivity contribution in [3.8, 4) is 0 Å². The largest absolute Gasteiger partial charge is 0.342 e. The average Bonchev–Trinajstić information content (AvgIpc) is 2.51. The van der Waals surface area contributed by atoms with Crippen LogP contribution in [0.4, 0.5) is 14.7 Å². The van der Waals surface area contributed by atoms with Crippen LogP contribution in [0, 0.1) is 0 Å². The lowest BCUT2D eigenvalue weighted by molar-refractivity contribution is -0.0223. The van der Waals surface area contributed by atoms with E-state index >= 15 is 0 Å². The van der Waals surface area contributed by atoms with Crippen LogP contribution in [0.25, 0.3) is 10.9 Å². The average molecular weight is 356 g/mol. The third-order valence-electron chi connectivity index (χ3n) is 4.28. The lowest BCUT2D eigenvalue weighted by Gasteiger charge is -2.33. The zero-order chi connectivity index (χ0) is 17.6. The zero-order valence-electron chi connectivity index (χ0n) is 13.3. The molecule has 5 nitrogen and oxygen atoms in total. The van der Waals surface area contributed by atoms with Crippen molar-refractivity contribution < 1.29 is 13.6 Å². The van der Waals surface area contributed by atoms with Crippen molar-refractivity contribution in [3.05, 3.63) is 33.1 Å². The van der Waals surface area contributed by atoms with Gasteiger partial charge >= 0.3 is 0 Å². The minimum atomic E-state index is -2.69. The third kappa shape index (κ3) is 2.88. The summed E-state index contributed by atoms with van der Waals surface area (Å²) >= 11 is 5.99. The van der Waals surface area contributed by atoms with Crippen molar-refractivity contribution >= 4 is 34.2 Å². The predicted octanol–water partition coefficient (Wildman–Crippen LogP) is 3.03. The number of fused-ring (bicyclic) bond motifs is 1. The molecule has 128 valence electrons. The van der Waals surface area contributed by atoms with E-state index in [0.717, 1.165) is 0 Å². The molecular weight excluding hydrogens is 340 g/mol. The summed E-state index contributed by atoms with van der Waals surface area (Å²) < 4.78 is 28.0. The fraction of sp³-hybridized carbons (Fsp3) is 0.438. The highest BCUT2D eigenvalue weighted by Gasteiger charge is 2.35. The van der Waals surface area contributed by atoms with E-state index in [1.54, 1.807) is 4.90 Å². The quantitative estimate of drug-likeness (QED) is 0.777. The first-order chi connectivity index (χ1) is 11.2. The molecule has 3 rings (SSSR count). The lowest BCUT2D eigenvalue weighted by atomic mass is 10.1. The maximum Gasteiger partial charge on any atom is 0.262 e. The molecule has 0 amide bonds. The van der Waals surface area contributed by atoms with Gasteiger partial charge in [0.25, 0.3) is 11.5 Å². The van der Waals surface area contributed by atoms with Gasteiger partial charge in [0.2, 0.25) is 5.95 Å². The molecule has 0 aliphatic carbocycles. The van der Waals surface area contributed by atoms with Crippen molar-refractivity contribution in [3.63, 3.8) is 0 Å². The Morgan fingerprint density at radius 1 is 1.29 bits per heavy atom. The Labute approximate surface area is 141 Å². The molecule has 2 aromatic rings. The van der Waals surface area contributed by atoms with Gasteiger partial charge < -0.3 is 4.90 Å². The summed E-state index contributed by atoms with van der Waals surface area (Å²) in [6, 6.07) is 2.93. The second kappa shape index (κ2) is 5.81. The topological polar surface area (TPSA) is 55.2 Å². The van der Waals surface area contributed by atoms with Crippen LogP contribution in [0.3, 0.4) is 0 Å². The molecule has 1 aliphatic heterocycles. The van der Waals surface area contributed by atoms with Crippen LogP contribution in [0.2, 0.25) is 5.02 Å². The van der Waals surface area contributed by atoms with Crippen molar-refractivity contribution in [1.82, 2.24) is 9.55 Å². The molecule has 1 saturated heterocycles. The fourth-order valence-corrected chi connectivity index (χ4v) is 3.13. The summed E-state index contributed by atoms with van der Waals surface area (Å²) in [6.07, 6.45) is -0.581. The van der Waals surface area contributed by atoms with Gasteiger partial charge in [0.15, 0.2) is 5.78 Å². The SMILES string of the molecule is CC(=O)c1cc(Cl)cc2c(=O)n(C)c(N3CCC(F)(F)CC3)nc12. The van der Waals surface area contributed by atoms with Crippen LogP contribution < -0.4 is 10.5 Å². The zero-order valence-corrected chi connectivity index (χ0v) is 14.0. The summed E-state index contributed by atoms with van der Waals surface area (Å²) in [5, 5.41) is 0.512. The van der Waals surface area contributed by atoms with Gasteiger partial charge in [-0.05, 0) is 19.1 Å². The van der Waals surface area contributed by atoms with Gasteiger partial charge in [0.1, 0.15) is 0 Å². The van der Waals surface area contributed by atoms with Gasteiger partial charge in [-0.15, -0.1) is 0 Å². The predicted molar refractivity (Wildman–Crippen MR) is 88.4 cm³/mol. The summed E-state index contributed by atoms with van der Waals surface area (Å²) in [6.45, 7) is 1.56. The van der Waals surface area contributed by atoms with E-state index in [4.69, 9.17) is 11.6 Å². The fourth-order valence-electron chi connectivity index (χ4n) is 2.91. The summed E-state index contributed by atoms with van der Waals surface area (Å²) in [7, 11) is 1.53. The third-order valence-corrected chi connectivity index (χ3v) is 4.50. The van der Waals surface area contributed by atoms with Gasteiger partial charge in [-0.2, -0.15) is 0 Å². The molecule has 0 N–H and O–H groups in total. The number of Topliss-reactive ketones (excluding diaryl/α,β-unsaturated/α-hetero) is 1. The second-order valence-corrected chi connectivity index (χ2v) is 6.46. The van der Waals surface area contributed by atoms with Crippen molar-refractivity contribution in [1.29, 1.82) is 0 Å². The van der Waals surface area contributed by atoms with E-state index in [-0.39, 0.29) is 64.7 Å². The lowest BCUT2D eigenvalue weighted by Crippen LogP contribution is -2.42. The normalized spacial score (nSPS) is 17.3. The molecule has 0 saturated carbocycles. The first-order valence-corrected chi connectivity index (χ1v) is 7.91. The van der Waals surface area contributed by atoms with E-state index < -0.39 is 5.92 Å². The minimum absolute atomic E-state index is 0.0990. The van der Waals surface area contributed by atoms with Crippen LogP contribution in [0.1, 0.15) is 30.1 Å². The molecular formula is C16H16ClF2N3O2.